The quantitative estimate of drug-likeness (QED) is 0.106. The zero-order valence-electron chi connectivity index (χ0n) is 31.3. The minimum absolute atomic E-state index is 0.472. The van der Waals surface area contributed by atoms with Gasteiger partial charge in [0.05, 0.1) is 0 Å². The number of rotatable bonds is 10. The van der Waals surface area contributed by atoms with Crippen molar-refractivity contribution in [3.05, 3.63) is 155 Å². The highest BCUT2D eigenvalue weighted by Gasteiger charge is 2.15. The SMILES string of the molecule is Cc1cc(Oc2ccc(-c3nc(Nc4cccc(Cl)c4)n[nH]3)cc2)ccn1.Cc1cc(Oc2ccc(-c3nc(Nc4cccc5c4CCCC5)n[nH]3)cc2)ccn1. The molecule has 4 heterocycles. The number of hydrogen-bond donors (Lipinski definition) is 4. The molecule has 0 unspecified atom stereocenters. The van der Waals surface area contributed by atoms with Crippen molar-refractivity contribution in [3.63, 3.8) is 0 Å². The molecule has 1 aliphatic carbocycles. The summed E-state index contributed by atoms with van der Waals surface area (Å²) in [5, 5.41) is 21.6. The maximum absolute atomic E-state index is 5.99. The van der Waals surface area contributed by atoms with Gasteiger partial charge in [-0.15, -0.1) is 10.2 Å². The Morgan fingerprint density at radius 3 is 1.72 bits per heavy atom. The molecule has 0 saturated heterocycles. The van der Waals surface area contributed by atoms with E-state index in [1.54, 1.807) is 12.4 Å². The number of fused-ring (bicyclic) bond motifs is 1. The predicted molar refractivity (Wildman–Crippen MR) is 223 cm³/mol. The second-order valence-corrected chi connectivity index (χ2v) is 13.9. The first-order chi connectivity index (χ1) is 27.9. The van der Waals surface area contributed by atoms with Crippen molar-refractivity contribution in [2.24, 2.45) is 0 Å². The zero-order chi connectivity index (χ0) is 39.0. The molecule has 9 rings (SSSR count). The van der Waals surface area contributed by atoms with E-state index in [1.165, 1.54) is 24.0 Å². The summed E-state index contributed by atoms with van der Waals surface area (Å²) >= 11 is 5.99. The third kappa shape index (κ3) is 9.61. The number of nitrogens with one attached hydrogen (secondary N) is 4. The monoisotopic (exact) mass is 774 g/mol. The van der Waals surface area contributed by atoms with Crippen LogP contribution in [-0.4, -0.2) is 40.3 Å². The van der Waals surface area contributed by atoms with Crippen LogP contribution in [0.5, 0.6) is 23.0 Å². The maximum Gasteiger partial charge on any atom is 0.246 e. The summed E-state index contributed by atoms with van der Waals surface area (Å²) in [5.41, 5.74) is 8.43. The van der Waals surface area contributed by atoms with Gasteiger partial charge in [0.2, 0.25) is 11.9 Å². The maximum atomic E-state index is 5.99. The van der Waals surface area contributed by atoms with Crippen molar-refractivity contribution >= 4 is 34.9 Å². The molecule has 0 radical (unpaired) electrons. The summed E-state index contributed by atoms with van der Waals surface area (Å²) in [6.07, 6.45) is 8.22. The van der Waals surface area contributed by atoms with E-state index in [-0.39, 0.29) is 0 Å². The van der Waals surface area contributed by atoms with Crippen LogP contribution in [-0.2, 0) is 12.8 Å². The number of halogens is 1. The van der Waals surface area contributed by atoms with E-state index in [0.717, 1.165) is 69.7 Å². The molecular weight excluding hydrogens is 736 g/mol. The molecule has 13 heteroatoms. The van der Waals surface area contributed by atoms with Gasteiger partial charge < -0.3 is 20.1 Å². The first kappa shape index (κ1) is 36.9. The third-order valence-corrected chi connectivity index (χ3v) is 9.39. The first-order valence-corrected chi connectivity index (χ1v) is 18.9. The Morgan fingerprint density at radius 2 is 1.14 bits per heavy atom. The lowest BCUT2D eigenvalue weighted by molar-refractivity contribution is 0.481. The van der Waals surface area contributed by atoms with Crippen molar-refractivity contribution in [1.29, 1.82) is 0 Å². The average molecular weight is 775 g/mol. The van der Waals surface area contributed by atoms with Crippen molar-refractivity contribution in [2.45, 2.75) is 39.5 Å². The fourth-order valence-electron chi connectivity index (χ4n) is 6.41. The van der Waals surface area contributed by atoms with Crippen LogP contribution in [0.25, 0.3) is 22.8 Å². The van der Waals surface area contributed by atoms with E-state index in [4.69, 9.17) is 21.1 Å². The number of hydrogen-bond acceptors (Lipinski definition) is 10. The lowest BCUT2D eigenvalue weighted by Crippen LogP contribution is -2.06. The molecule has 0 bridgehead atoms. The van der Waals surface area contributed by atoms with Crippen LogP contribution >= 0.6 is 11.6 Å². The fourth-order valence-corrected chi connectivity index (χ4v) is 6.60. The van der Waals surface area contributed by atoms with Crippen LogP contribution in [0.2, 0.25) is 5.02 Å². The molecule has 1 aliphatic rings. The standard InChI is InChI=1S/C24H23N5O.C20H16ClN5O/c1-16-15-20(13-14-25-16)30-19-11-9-18(10-12-19)23-27-24(29-28-23)26-22-8-4-6-17-5-2-3-7-21(17)22;1-13-11-18(9-10-22-13)27-17-7-5-14(6-8-17)19-24-20(26-25-19)23-16-4-2-3-15(21)12-16/h4,6,8-15H,2-3,5,7H2,1H3,(H2,26,27,28,29);2-12H,1H3,(H2,23,24,25,26). The van der Waals surface area contributed by atoms with Crippen LogP contribution in [0, 0.1) is 13.8 Å². The van der Waals surface area contributed by atoms with Gasteiger partial charge >= 0.3 is 0 Å². The van der Waals surface area contributed by atoms with Crippen LogP contribution in [0.3, 0.4) is 0 Å². The number of benzene rings is 4. The van der Waals surface area contributed by atoms with E-state index in [0.29, 0.717) is 28.6 Å². The number of anilines is 4. The highest BCUT2D eigenvalue weighted by molar-refractivity contribution is 6.30. The number of H-pyrrole nitrogens is 2. The van der Waals surface area contributed by atoms with Gasteiger partial charge in [0.15, 0.2) is 11.6 Å². The van der Waals surface area contributed by atoms with E-state index < -0.39 is 0 Å². The normalized spacial score (nSPS) is 11.8. The molecule has 0 atom stereocenters. The van der Waals surface area contributed by atoms with Gasteiger partial charge in [0.25, 0.3) is 0 Å². The average Bonchev–Trinajstić information content (AvgIpc) is 3.89. The highest BCUT2D eigenvalue weighted by Crippen LogP contribution is 2.31. The number of aromatic amines is 2. The van der Waals surface area contributed by atoms with Gasteiger partial charge in [-0.1, -0.05) is 29.8 Å². The van der Waals surface area contributed by atoms with Gasteiger partial charge in [0, 0.05) is 63.4 Å². The molecule has 0 spiro atoms. The molecule has 4 N–H and O–H groups in total. The smallest absolute Gasteiger partial charge is 0.246 e. The number of nitrogens with zero attached hydrogens (tertiary/aromatic N) is 6. The fraction of sp³-hybridized carbons (Fsp3) is 0.136. The Bertz CT molecular complexity index is 2590. The van der Waals surface area contributed by atoms with Crippen LogP contribution in [0.15, 0.2) is 128 Å². The van der Waals surface area contributed by atoms with Crippen molar-refractivity contribution in [1.82, 2.24) is 40.3 Å². The third-order valence-electron chi connectivity index (χ3n) is 9.16. The minimum atomic E-state index is 0.472. The van der Waals surface area contributed by atoms with Gasteiger partial charge in [-0.05, 0) is 136 Å². The number of aromatic nitrogens is 8. The summed E-state index contributed by atoms with van der Waals surface area (Å²) in [6, 6.07) is 36.7. The van der Waals surface area contributed by atoms with Crippen LogP contribution in [0.4, 0.5) is 23.3 Å². The summed E-state index contributed by atoms with van der Waals surface area (Å²) < 4.78 is 11.7. The lowest BCUT2D eigenvalue weighted by Gasteiger charge is -2.19. The predicted octanol–water partition coefficient (Wildman–Crippen LogP) is 11.0. The Morgan fingerprint density at radius 1 is 0.579 bits per heavy atom. The Hall–Kier alpha value is -7.05. The summed E-state index contributed by atoms with van der Waals surface area (Å²) in [5.74, 6) is 5.45. The van der Waals surface area contributed by atoms with Gasteiger partial charge in [0.1, 0.15) is 23.0 Å². The second-order valence-electron chi connectivity index (χ2n) is 13.4. The molecule has 284 valence electrons. The molecule has 0 fully saturated rings. The lowest BCUT2D eigenvalue weighted by atomic mass is 9.90. The van der Waals surface area contributed by atoms with Gasteiger partial charge in [-0.3, -0.25) is 20.2 Å². The Kier molecular flexibility index (Phi) is 11.1. The first-order valence-electron chi connectivity index (χ1n) is 18.6. The Balaban J connectivity index is 0.000000161. The summed E-state index contributed by atoms with van der Waals surface area (Å²) in [6.45, 7) is 3.87. The topological polar surface area (TPSA) is 151 Å². The molecule has 0 amide bonds. The van der Waals surface area contributed by atoms with E-state index in [2.05, 4.69) is 69.2 Å². The number of aryl methyl sites for hydroxylation is 3. The molecule has 4 aromatic carbocycles. The van der Waals surface area contributed by atoms with Gasteiger partial charge in [-0.25, -0.2) is 0 Å². The Labute approximate surface area is 334 Å². The molecule has 8 aromatic rings. The molecule has 57 heavy (non-hydrogen) atoms. The molecule has 0 saturated carbocycles. The summed E-state index contributed by atoms with van der Waals surface area (Å²) in [4.78, 5) is 17.4. The van der Waals surface area contributed by atoms with E-state index in [1.807, 2.05) is 111 Å². The second kappa shape index (κ2) is 17.2. The largest absolute Gasteiger partial charge is 0.457 e. The minimum Gasteiger partial charge on any atom is -0.457 e. The molecule has 0 aliphatic heterocycles. The van der Waals surface area contributed by atoms with E-state index >= 15 is 0 Å². The zero-order valence-corrected chi connectivity index (χ0v) is 32.1. The van der Waals surface area contributed by atoms with E-state index in [9.17, 15) is 0 Å². The molecule has 4 aromatic heterocycles. The van der Waals surface area contributed by atoms with Gasteiger partial charge in [-0.2, -0.15) is 9.97 Å². The number of pyridine rings is 2. The highest BCUT2D eigenvalue weighted by atomic mass is 35.5. The van der Waals surface area contributed by atoms with Crippen LogP contribution in [0.1, 0.15) is 35.4 Å². The molecule has 12 nitrogen and oxygen atoms in total. The summed E-state index contributed by atoms with van der Waals surface area (Å²) in [7, 11) is 0. The number of ether oxygens (including phenoxy) is 2. The van der Waals surface area contributed by atoms with Crippen LogP contribution < -0.4 is 20.1 Å². The van der Waals surface area contributed by atoms with Crippen molar-refractivity contribution < 1.29 is 9.47 Å². The van der Waals surface area contributed by atoms with Crippen molar-refractivity contribution in [3.8, 4) is 45.8 Å². The molecular formula is C44H39ClN10O2. The van der Waals surface area contributed by atoms with Crippen molar-refractivity contribution in [2.75, 3.05) is 10.6 Å².